The summed E-state index contributed by atoms with van der Waals surface area (Å²) in [5.41, 5.74) is 3.74. The van der Waals surface area contributed by atoms with Crippen LogP contribution in [0.15, 0.2) is 17.2 Å². The molecular formula is C23H33N7O3. The van der Waals surface area contributed by atoms with Crippen LogP contribution in [0.5, 0.6) is 17.2 Å². The van der Waals surface area contributed by atoms with E-state index in [0.29, 0.717) is 35.1 Å². The number of nitrogens with one attached hydrogen (secondary N) is 1. The monoisotopic (exact) mass is 455 g/mol. The number of hydrazone groups is 1. The normalized spacial score (nSPS) is 16.7. The lowest BCUT2D eigenvalue weighted by molar-refractivity contribution is 0.349. The molecule has 1 aromatic heterocycles. The number of piperidine rings is 2. The molecule has 10 heteroatoms. The van der Waals surface area contributed by atoms with Gasteiger partial charge in [0.15, 0.2) is 11.5 Å². The average Bonchev–Trinajstić information content (AvgIpc) is 2.89. The van der Waals surface area contributed by atoms with Gasteiger partial charge in [-0.25, -0.2) is 5.43 Å². The van der Waals surface area contributed by atoms with Crippen molar-refractivity contribution >= 4 is 24.1 Å². The zero-order valence-electron chi connectivity index (χ0n) is 19.7. The first-order valence-corrected chi connectivity index (χ1v) is 11.6. The smallest absolute Gasteiger partial charge is 0.250 e. The summed E-state index contributed by atoms with van der Waals surface area (Å²) in [5.74, 6) is 3.67. The van der Waals surface area contributed by atoms with Gasteiger partial charge in [-0.2, -0.15) is 20.1 Å². The topological polar surface area (TPSA) is 97.2 Å². The minimum atomic E-state index is 0.432. The maximum Gasteiger partial charge on any atom is 0.250 e. The number of hydrogen-bond acceptors (Lipinski definition) is 10. The van der Waals surface area contributed by atoms with Crippen LogP contribution < -0.4 is 29.4 Å². The molecule has 4 rings (SSSR count). The quantitative estimate of drug-likeness (QED) is 0.475. The second kappa shape index (κ2) is 11.0. The number of rotatable bonds is 8. The lowest BCUT2D eigenvalue weighted by Gasteiger charge is -2.30. The number of aromatic nitrogens is 3. The van der Waals surface area contributed by atoms with Gasteiger partial charge in [-0.1, -0.05) is 0 Å². The molecule has 2 saturated heterocycles. The van der Waals surface area contributed by atoms with E-state index in [0.717, 1.165) is 57.4 Å². The number of anilines is 3. The molecule has 10 nitrogen and oxygen atoms in total. The van der Waals surface area contributed by atoms with Gasteiger partial charge < -0.3 is 24.0 Å². The molecule has 0 saturated carbocycles. The molecule has 178 valence electrons. The first-order valence-electron chi connectivity index (χ1n) is 11.6. The summed E-state index contributed by atoms with van der Waals surface area (Å²) in [7, 11) is 4.79. The predicted molar refractivity (Wildman–Crippen MR) is 129 cm³/mol. The van der Waals surface area contributed by atoms with E-state index in [-0.39, 0.29) is 0 Å². The molecule has 33 heavy (non-hydrogen) atoms. The van der Waals surface area contributed by atoms with Crippen LogP contribution in [0.1, 0.15) is 44.1 Å². The van der Waals surface area contributed by atoms with Crippen molar-refractivity contribution in [2.45, 2.75) is 38.5 Å². The van der Waals surface area contributed by atoms with Crippen molar-refractivity contribution in [1.29, 1.82) is 0 Å². The molecule has 2 fully saturated rings. The van der Waals surface area contributed by atoms with Crippen molar-refractivity contribution in [1.82, 2.24) is 15.0 Å². The molecule has 1 aromatic carbocycles. The Kier molecular flexibility index (Phi) is 7.64. The Morgan fingerprint density at radius 1 is 0.727 bits per heavy atom. The summed E-state index contributed by atoms with van der Waals surface area (Å²) < 4.78 is 16.2. The van der Waals surface area contributed by atoms with E-state index >= 15 is 0 Å². The summed E-state index contributed by atoms with van der Waals surface area (Å²) in [6.45, 7) is 3.87. The van der Waals surface area contributed by atoms with E-state index in [1.165, 1.54) is 12.8 Å². The molecule has 0 unspecified atom stereocenters. The van der Waals surface area contributed by atoms with E-state index < -0.39 is 0 Å². The van der Waals surface area contributed by atoms with Crippen molar-refractivity contribution in [3.05, 3.63) is 17.7 Å². The Hall–Kier alpha value is -3.30. The molecule has 0 bridgehead atoms. The third kappa shape index (κ3) is 5.55. The Balaban J connectivity index is 1.58. The molecule has 1 N–H and O–H groups in total. The Morgan fingerprint density at radius 2 is 1.24 bits per heavy atom. The van der Waals surface area contributed by atoms with Crippen LogP contribution in [-0.4, -0.2) is 68.7 Å². The molecule has 2 aromatic rings. The van der Waals surface area contributed by atoms with Gasteiger partial charge in [0.25, 0.3) is 0 Å². The largest absolute Gasteiger partial charge is 0.496 e. The Bertz CT molecular complexity index is 921. The summed E-state index contributed by atoms with van der Waals surface area (Å²) in [6, 6.07) is 3.58. The minimum Gasteiger partial charge on any atom is -0.496 e. The molecule has 2 aliphatic heterocycles. The molecule has 0 spiro atoms. The summed E-state index contributed by atoms with van der Waals surface area (Å²) in [5, 5.41) is 4.38. The van der Waals surface area contributed by atoms with E-state index in [1.54, 1.807) is 33.6 Å². The van der Waals surface area contributed by atoms with Gasteiger partial charge in [-0.15, -0.1) is 0 Å². The predicted octanol–water partition coefficient (Wildman–Crippen LogP) is 3.32. The maximum atomic E-state index is 5.48. The number of methoxy groups -OCH3 is 3. The minimum absolute atomic E-state index is 0.432. The average molecular weight is 456 g/mol. The molecule has 0 radical (unpaired) electrons. The van der Waals surface area contributed by atoms with Crippen LogP contribution in [0, 0.1) is 0 Å². The number of nitrogens with zero attached hydrogens (tertiary/aromatic N) is 6. The van der Waals surface area contributed by atoms with Gasteiger partial charge in [0.1, 0.15) is 5.75 Å². The summed E-state index contributed by atoms with van der Waals surface area (Å²) in [4.78, 5) is 18.6. The van der Waals surface area contributed by atoms with Crippen molar-refractivity contribution in [3.63, 3.8) is 0 Å². The van der Waals surface area contributed by atoms with Gasteiger partial charge in [0, 0.05) is 37.8 Å². The third-order valence-corrected chi connectivity index (χ3v) is 5.99. The number of hydrogen-bond donors (Lipinski definition) is 1. The van der Waals surface area contributed by atoms with Gasteiger partial charge in [-0.3, -0.25) is 0 Å². The highest BCUT2D eigenvalue weighted by Crippen LogP contribution is 2.33. The van der Waals surface area contributed by atoms with Gasteiger partial charge in [-0.05, 0) is 44.6 Å². The van der Waals surface area contributed by atoms with Crippen LogP contribution >= 0.6 is 0 Å². The van der Waals surface area contributed by atoms with Crippen LogP contribution in [0.3, 0.4) is 0 Å². The Labute approximate surface area is 195 Å². The van der Waals surface area contributed by atoms with Crippen LogP contribution in [0.25, 0.3) is 0 Å². The van der Waals surface area contributed by atoms with E-state index in [1.807, 2.05) is 6.07 Å². The highest BCUT2D eigenvalue weighted by molar-refractivity contribution is 5.85. The van der Waals surface area contributed by atoms with Gasteiger partial charge in [0.05, 0.1) is 27.5 Å². The highest BCUT2D eigenvalue weighted by Gasteiger charge is 2.20. The fourth-order valence-corrected chi connectivity index (χ4v) is 4.19. The highest BCUT2D eigenvalue weighted by atomic mass is 16.5. The Morgan fingerprint density at radius 3 is 1.76 bits per heavy atom. The second-order valence-corrected chi connectivity index (χ2v) is 8.17. The van der Waals surface area contributed by atoms with Gasteiger partial charge >= 0.3 is 0 Å². The first-order chi connectivity index (χ1) is 16.2. The van der Waals surface area contributed by atoms with Gasteiger partial charge in [0.2, 0.25) is 17.8 Å². The lowest BCUT2D eigenvalue weighted by atomic mass is 10.1. The molecule has 0 aliphatic carbocycles. The zero-order chi connectivity index (χ0) is 23.0. The SMILES string of the molecule is COc1cc(OC)c(OC)cc1/C=N\Nc1nc(N2CCCCC2)nc(N2CCCCC2)n1. The van der Waals surface area contributed by atoms with E-state index in [4.69, 9.17) is 19.2 Å². The molecular weight excluding hydrogens is 422 g/mol. The van der Waals surface area contributed by atoms with Crippen molar-refractivity contribution in [2.75, 3.05) is 62.7 Å². The summed E-state index contributed by atoms with van der Waals surface area (Å²) in [6.07, 6.45) is 8.79. The van der Waals surface area contributed by atoms with E-state index in [2.05, 4.69) is 30.3 Å². The van der Waals surface area contributed by atoms with Crippen LogP contribution in [0.2, 0.25) is 0 Å². The standard InChI is InChI=1S/C23H33N7O3/c1-31-18-15-20(33-3)19(32-2)14-17(18)16-24-28-21-25-22(29-10-6-4-7-11-29)27-23(26-21)30-12-8-5-9-13-30/h14-16H,4-13H2,1-3H3,(H,25,26,27,28)/b24-16-. The zero-order valence-corrected chi connectivity index (χ0v) is 19.7. The first kappa shape index (κ1) is 22.9. The molecule has 3 heterocycles. The second-order valence-electron chi connectivity index (χ2n) is 8.17. The molecule has 0 atom stereocenters. The van der Waals surface area contributed by atoms with Crippen LogP contribution in [-0.2, 0) is 0 Å². The van der Waals surface area contributed by atoms with Crippen molar-refractivity contribution in [3.8, 4) is 17.2 Å². The number of ether oxygens (including phenoxy) is 3. The van der Waals surface area contributed by atoms with Crippen LogP contribution in [0.4, 0.5) is 17.8 Å². The fraction of sp³-hybridized carbons (Fsp3) is 0.565. The van der Waals surface area contributed by atoms with Crippen molar-refractivity contribution in [2.24, 2.45) is 5.10 Å². The maximum absolute atomic E-state index is 5.48. The summed E-state index contributed by atoms with van der Waals surface area (Å²) >= 11 is 0. The number of benzene rings is 1. The molecule has 2 aliphatic rings. The molecule has 0 amide bonds. The third-order valence-electron chi connectivity index (χ3n) is 5.99. The van der Waals surface area contributed by atoms with E-state index in [9.17, 15) is 0 Å². The lowest BCUT2D eigenvalue weighted by Crippen LogP contribution is -2.34. The fourth-order valence-electron chi connectivity index (χ4n) is 4.19. The van der Waals surface area contributed by atoms with Crippen molar-refractivity contribution < 1.29 is 14.2 Å².